The number of rotatable bonds is 0. The van der Waals surface area contributed by atoms with Crippen LogP contribution >= 0.6 is 0 Å². The number of anilines is 1. The van der Waals surface area contributed by atoms with Crippen LogP contribution in [0.1, 0.15) is 5.69 Å². The molecule has 3 rings (SSSR count). The quantitative estimate of drug-likeness (QED) is 0.610. The average Bonchev–Trinajstić information content (AvgIpc) is 2.66. The van der Waals surface area contributed by atoms with E-state index in [1.165, 1.54) is 0 Å². The van der Waals surface area contributed by atoms with Crippen LogP contribution in [0.2, 0.25) is 0 Å². The molecule has 0 radical (unpaired) electrons. The van der Waals surface area contributed by atoms with Crippen molar-refractivity contribution in [2.24, 2.45) is 0 Å². The summed E-state index contributed by atoms with van der Waals surface area (Å²) in [4.78, 5) is 11.4. The maximum absolute atomic E-state index is 11.4. The van der Waals surface area contributed by atoms with E-state index in [1.54, 1.807) is 10.6 Å². The van der Waals surface area contributed by atoms with E-state index < -0.39 is 0 Å². The maximum atomic E-state index is 11.4. The topological polar surface area (TPSA) is 60.0 Å². The number of carbonyl (C=O) groups is 1. The number of nitrogens with one attached hydrogen (secondary N) is 1. The first kappa shape index (κ1) is 7.44. The molecule has 0 atom stereocenters. The normalized spacial score (nSPS) is 14.4. The molecule has 0 unspecified atom stereocenters. The molecule has 2 heterocycles. The van der Waals surface area contributed by atoms with Crippen molar-refractivity contribution in [2.45, 2.75) is 6.54 Å². The van der Waals surface area contributed by atoms with Crippen molar-refractivity contribution in [2.75, 3.05) is 5.73 Å². The molecule has 1 aliphatic heterocycles. The predicted molar refractivity (Wildman–Crippen MR) is 54.0 cm³/mol. The van der Waals surface area contributed by atoms with E-state index in [2.05, 4.69) is 5.32 Å². The summed E-state index contributed by atoms with van der Waals surface area (Å²) in [6.45, 7) is 0.605. The molecule has 14 heavy (non-hydrogen) atoms. The highest BCUT2D eigenvalue weighted by molar-refractivity contribution is 5.95. The maximum Gasteiger partial charge on any atom is 0.326 e. The molecule has 0 bridgehead atoms. The third-order valence-electron chi connectivity index (χ3n) is 2.53. The van der Waals surface area contributed by atoms with E-state index in [-0.39, 0.29) is 6.03 Å². The molecule has 1 aliphatic rings. The second-order valence-corrected chi connectivity index (χ2v) is 3.45. The Morgan fingerprint density at radius 1 is 1.36 bits per heavy atom. The summed E-state index contributed by atoms with van der Waals surface area (Å²) in [5.41, 5.74) is 8.31. The number of benzene rings is 1. The lowest BCUT2D eigenvalue weighted by Crippen LogP contribution is -2.17. The fourth-order valence-electron chi connectivity index (χ4n) is 1.91. The smallest absolute Gasteiger partial charge is 0.326 e. The lowest BCUT2D eigenvalue weighted by atomic mass is 10.2. The van der Waals surface area contributed by atoms with Gasteiger partial charge in [-0.15, -0.1) is 0 Å². The number of nitrogen functional groups attached to an aromatic ring is 1. The Morgan fingerprint density at radius 2 is 2.21 bits per heavy atom. The summed E-state index contributed by atoms with van der Waals surface area (Å²) in [6.07, 6.45) is 0. The van der Waals surface area contributed by atoms with Crippen LogP contribution < -0.4 is 11.1 Å². The van der Waals surface area contributed by atoms with Crippen molar-refractivity contribution in [1.29, 1.82) is 0 Å². The Bertz CT molecular complexity index is 542. The standard InChI is InChI=1S/C10H9N3O/c11-7-1-2-9-6(3-7)4-8-5-12-10(14)13(8)9/h1-4H,5,11H2,(H,12,14). The Morgan fingerprint density at radius 3 is 3.07 bits per heavy atom. The van der Waals surface area contributed by atoms with Crippen molar-refractivity contribution >= 4 is 22.6 Å². The van der Waals surface area contributed by atoms with Crippen LogP contribution in [-0.2, 0) is 6.54 Å². The molecule has 70 valence electrons. The minimum Gasteiger partial charge on any atom is -0.399 e. The molecule has 3 N–H and O–H groups in total. The number of hydrogen-bond donors (Lipinski definition) is 2. The molecule has 0 spiro atoms. The zero-order chi connectivity index (χ0) is 9.71. The highest BCUT2D eigenvalue weighted by Crippen LogP contribution is 2.24. The first-order valence-corrected chi connectivity index (χ1v) is 4.44. The Hall–Kier alpha value is -1.97. The lowest BCUT2D eigenvalue weighted by Gasteiger charge is -1.98. The monoisotopic (exact) mass is 187 g/mol. The summed E-state index contributed by atoms with van der Waals surface area (Å²) >= 11 is 0. The highest BCUT2D eigenvalue weighted by atomic mass is 16.2. The summed E-state index contributed by atoms with van der Waals surface area (Å²) in [7, 11) is 0. The number of hydrogen-bond acceptors (Lipinski definition) is 2. The Labute approximate surface area is 80.3 Å². The van der Waals surface area contributed by atoms with E-state index in [9.17, 15) is 4.79 Å². The number of amides is 1. The molecule has 0 saturated carbocycles. The van der Waals surface area contributed by atoms with Crippen LogP contribution in [0.15, 0.2) is 24.3 Å². The molecule has 1 amide bonds. The molecule has 4 heteroatoms. The van der Waals surface area contributed by atoms with Gasteiger partial charge in [0.25, 0.3) is 0 Å². The average molecular weight is 187 g/mol. The summed E-state index contributed by atoms with van der Waals surface area (Å²) in [5, 5.41) is 3.79. The van der Waals surface area contributed by atoms with Crippen LogP contribution in [0, 0.1) is 0 Å². The number of nitrogens with zero attached hydrogens (tertiary/aromatic N) is 1. The summed E-state index contributed by atoms with van der Waals surface area (Å²) in [5.74, 6) is 0. The van der Waals surface area contributed by atoms with Gasteiger partial charge in [-0.25, -0.2) is 4.79 Å². The van der Waals surface area contributed by atoms with E-state index >= 15 is 0 Å². The van der Waals surface area contributed by atoms with Crippen molar-refractivity contribution in [3.63, 3.8) is 0 Å². The Kier molecular flexibility index (Phi) is 1.21. The minimum atomic E-state index is -0.0558. The van der Waals surface area contributed by atoms with Gasteiger partial charge in [-0.2, -0.15) is 0 Å². The van der Waals surface area contributed by atoms with Gasteiger partial charge in [-0.3, -0.25) is 4.57 Å². The van der Waals surface area contributed by atoms with Crippen LogP contribution in [0.4, 0.5) is 10.5 Å². The zero-order valence-corrected chi connectivity index (χ0v) is 7.45. The van der Waals surface area contributed by atoms with Crippen molar-refractivity contribution in [3.05, 3.63) is 30.0 Å². The van der Waals surface area contributed by atoms with Crippen LogP contribution in [0.5, 0.6) is 0 Å². The second kappa shape index (κ2) is 2.29. The number of fused-ring (bicyclic) bond motifs is 3. The molecule has 0 fully saturated rings. The second-order valence-electron chi connectivity index (χ2n) is 3.45. The van der Waals surface area contributed by atoms with Gasteiger partial charge in [0.1, 0.15) is 0 Å². The SMILES string of the molecule is Nc1ccc2c(c1)cc1n2C(=O)NC1. The van der Waals surface area contributed by atoms with Gasteiger partial charge in [-0.1, -0.05) is 0 Å². The Balaban J connectivity index is 2.41. The summed E-state index contributed by atoms with van der Waals surface area (Å²) in [6, 6.07) is 7.50. The number of aromatic nitrogens is 1. The van der Waals surface area contributed by atoms with Gasteiger partial charge in [-0.05, 0) is 24.3 Å². The van der Waals surface area contributed by atoms with E-state index in [4.69, 9.17) is 5.73 Å². The van der Waals surface area contributed by atoms with E-state index in [0.29, 0.717) is 6.54 Å². The van der Waals surface area contributed by atoms with E-state index in [0.717, 1.165) is 22.3 Å². The highest BCUT2D eigenvalue weighted by Gasteiger charge is 2.20. The fourth-order valence-corrected chi connectivity index (χ4v) is 1.91. The molecule has 2 aromatic rings. The van der Waals surface area contributed by atoms with Gasteiger partial charge < -0.3 is 11.1 Å². The van der Waals surface area contributed by atoms with Crippen molar-refractivity contribution in [1.82, 2.24) is 9.88 Å². The molecule has 0 saturated heterocycles. The molecule has 1 aromatic heterocycles. The van der Waals surface area contributed by atoms with E-state index in [1.807, 2.05) is 18.2 Å². The van der Waals surface area contributed by atoms with Gasteiger partial charge in [0, 0.05) is 16.8 Å². The first-order valence-electron chi connectivity index (χ1n) is 4.44. The molecule has 4 nitrogen and oxygen atoms in total. The number of carbonyl (C=O) groups excluding carboxylic acids is 1. The fraction of sp³-hybridized carbons (Fsp3) is 0.100. The van der Waals surface area contributed by atoms with Gasteiger partial charge in [0.15, 0.2) is 0 Å². The van der Waals surface area contributed by atoms with Crippen LogP contribution in [0.25, 0.3) is 10.9 Å². The first-order chi connectivity index (χ1) is 6.75. The van der Waals surface area contributed by atoms with Gasteiger partial charge in [0.05, 0.1) is 12.1 Å². The van der Waals surface area contributed by atoms with Crippen molar-refractivity contribution < 1.29 is 4.79 Å². The predicted octanol–water partition coefficient (Wildman–Crippen LogP) is 1.29. The third-order valence-corrected chi connectivity index (χ3v) is 2.53. The molecular weight excluding hydrogens is 178 g/mol. The minimum absolute atomic E-state index is 0.0558. The zero-order valence-electron chi connectivity index (χ0n) is 7.45. The molecular formula is C10H9N3O. The summed E-state index contributed by atoms with van der Waals surface area (Å²) < 4.78 is 1.69. The van der Waals surface area contributed by atoms with Crippen LogP contribution in [0.3, 0.4) is 0 Å². The van der Waals surface area contributed by atoms with Gasteiger partial charge in [0.2, 0.25) is 0 Å². The largest absolute Gasteiger partial charge is 0.399 e. The third kappa shape index (κ3) is 0.797. The molecule has 1 aromatic carbocycles. The number of nitrogens with two attached hydrogens (primary N) is 1. The molecule has 0 aliphatic carbocycles. The lowest BCUT2D eigenvalue weighted by molar-refractivity contribution is 0.247. The van der Waals surface area contributed by atoms with Crippen LogP contribution in [-0.4, -0.2) is 10.6 Å². The van der Waals surface area contributed by atoms with Crippen molar-refractivity contribution in [3.8, 4) is 0 Å². The van der Waals surface area contributed by atoms with Gasteiger partial charge >= 0.3 is 6.03 Å².